The third-order valence-electron chi connectivity index (χ3n) is 2.66. The molecule has 5 heteroatoms. The van der Waals surface area contributed by atoms with Crippen molar-refractivity contribution in [2.24, 2.45) is 0 Å². The number of hydrogen-bond acceptors (Lipinski definition) is 4. The van der Waals surface area contributed by atoms with Gasteiger partial charge in [0.15, 0.2) is 0 Å². The quantitative estimate of drug-likeness (QED) is 0.678. The first-order valence-corrected chi connectivity index (χ1v) is 7.53. The second-order valence-corrected chi connectivity index (χ2v) is 5.78. The number of nitrogens with zero attached hydrogens (tertiary/aromatic N) is 3. The van der Waals surface area contributed by atoms with E-state index in [1.807, 2.05) is 30.6 Å². The maximum atomic E-state index is 4.45. The van der Waals surface area contributed by atoms with Crippen LogP contribution in [0, 0.1) is 0 Å². The predicted octanol–water partition coefficient (Wildman–Crippen LogP) is 4.08. The number of halogens is 1. The predicted molar refractivity (Wildman–Crippen MR) is 81.0 cm³/mol. The highest BCUT2D eigenvalue weighted by atomic mass is 79.9. The molecule has 0 amide bonds. The number of fused-ring (bicyclic) bond motifs is 1. The average molecular weight is 332 g/mol. The summed E-state index contributed by atoms with van der Waals surface area (Å²) in [7, 11) is 0. The lowest BCUT2D eigenvalue weighted by atomic mass is 10.3. The molecular weight excluding hydrogens is 322 g/mol. The van der Waals surface area contributed by atoms with Crippen molar-refractivity contribution < 1.29 is 0 Å². The van der Waals surface area contributed by atoms with Crippen molar-refractivity contribution in [2.45, 2.75) is 10.8 Å². The lowest BCUT2D eigenvalue weighted by Gasteiger charge is -2.05. The van der Waals surface area contributed by atoms with Gasteiger partial charge in [-0.2, -0.15) is 0 Å². The van der Waals surface area contributed by atoms with E-state index < -0.39 is 0 Å². The lowest BCUT2D eigenvalue weighted by molar-refractivity contribution is 1.13. The van der Waals surface area contributed by atoms with Crippen molar-refractivity contribution in [3.63, 3.8) is 0 Å². The zero-order chi connectivity index (χ0) is 13.1. The summed E-state index contributed by atoms with van der Waals surface area (Å²) in [6.45, 7) is 0. The maximum Gasteiger partial charge on any atom is 0.123 e. The molecule has 94 valence electrons. The van der Waals surface area contributed by atoms with Crippen molar-refractivity contribution in [2.75, 3.05) is 0 Å². The highest BCUT2D eigenvalue weighted by Crippen LogP contribution is 2.30. The van der Waals surface area contributed by atoms with Gasteiger partial charge in [-0.3, -0.25) is 9.97 Å². The van der Waals surface area contributed by atoms with E-state index in [0.717, 1.165) is 26.2 Å². The number of hydrogen-bond donors (Lipinski definition) is 0. The summed E-state index contributed by atoms with van der Waals surface area (Å²) in [5.41, 5.74) is 2.12. The standard InChI is InChI=1S/C14H10BrN3S/c15-12-8-18-14(13-11(12)4-2-6-17-13)19-9-10-3-1-5-16-7-10/h1-8H,9H2. The monoisotopic (exact) mass is 331 g/mol. The highest BCUT2D eigenvalue weighted by molar-refractivity contribution is 9.10. The molecule has 0 atom stereocenters. The van der Waals surface area contributed by atoms with Crippen molar-refractivity contribution in [3.05, 3.63) is 59.1 Å². The summed E-state index contributed by atoms with van der Waals surface area (Å²) in [4.78, 5) is 13.0. The van der Waals surface area contributed by atoms with Gasteiger partial charge >= 0.3 is 0 Å². The molecular formula is C14H10BrN3S. The van der Waals surface area contributed by atoms with Crippen molar-refractivity contribution >= 4 is 38.6 Å². The fourth-order valence-electron chi connectivity index (χ4n) is 1.76. The molecule has 0 spiro atoms. The Kier molecular flexibility index (Phi) is 3.75. The number of rotatable bonds is 3. The van der Waals surface area contributed by atoms with Crippen LogP contribution in [0.4, 0.5) is 0 Å². The Balaban J connectivity index is 1.91. The van der Waals surface area contributed by atoms with Gasteiger partial charge in [-0.05, 0) is 39.7 Å². The molecule has 0 radical (unpaired) electrons. The van der Waals surface area contributed by atoms with Gasteiger partial charge in [-0.1, -0.05) is 17.8 Å². The molecule has 0 aliphatic rings. The van der Waals surface area contributed by atoms with E-state index in [-0.39, 0.29) is 0 Å². The molecule has 19 heavy (non-hydrogen) atoms. The number of thioether (sulfide) groups is 1. The minimum Gasteiger partial charge on any atom is -0.264 e. The summed E-state index contributed by atoms with van der Waals surface area (Å²) < 4.78 is 0.973. The fourth-order valence-corrected chi connectivity index (χ4v) is 3.08. The van der Waals surface area contributed by atoms with E-state index in [4.69, 9.17) is 0 Å². The third-order valence-corrected chi connectivity index (χ3v) is 4.34. The molecule has 3 aromatic rings. The van der Waals surface area contributed by atoms with Crippen LogP contribution in [0.1, 0.15) is 5.56 Å². The van der Waals surface area contributed by atoms with Gasteiger partial charge in [-0.25, -0.2) is 4.98 Å². The van der Waals surface area contributed by atoms with Crippen LogP contribution in [0.3, 0.4) is 0 Å². The zero-order valence-corrected chi connectivity index (χ0v) is 12.4. The molecule has 3 nitrogen and oxygen atoms in total. The number of aromatic nitrogens is 3. The minimum absolute atomic E-state index is 0.841. The Morgan fingerprint density at radius 2 is 1.95 bits per heavy atom. The molecule has 0 aromatic carbocycles. The van der Waals surface area contributed by atoms with Gasteiger partial charge in [0.1, 0.15) is 10.5 Å². The SMILES string of the molecule is Brc1cnc(SCc2cccnc2)c2ncccc12. The molecule has 0 N–H and O–H groups in total. The minimum atomic E-state index is 0.841. The van der Waals surface area contributed by atoms with Crippen LogP contribution < -0.4 is 0 Å². The van der Waals surface area contributed by atoms with Gasteiger partial charge in [0.2, 0.25) is 0 Å². The summed E-state index contributed by atoms with van der Waals surface area (Å²) in [5, 5.41) is 2.04. The third kappa shape index (κ3) is 2.77. The second kappa shape index (κ2) is 5.67. The first kappa shape index (κ1) is 12.6. The first-order chi connectivity index (χ1) is 9.34. The second-order valence-electron chi connectivity index (χ2n) is 3.96. The van der Waals surface area contributed by atoms with Gasteiger partial charge < -0.3 is 0 Å². The lowest BCUT2D eigenvalue weighted by Crippen LogP contribution is -1.89. The summed E-state index contributed by atoms with van der Waals surface area (Å²) in [5.74, 6) is 0.841. The van der Waals surface area contributed by atoms with Crippen LogP contribution in [0.15, 0.2) is 58.6 Å². The van der Waals surface area contributed by atoms with E-state index in [1.165, 1.54) is 5.56 Å². The van der Waals surface area contributed by atoms with Crippen LogP contribution in [0.25, 0.3) is 10.9 Å². The van der Waals surface area contributed by atoms with Crippen molar-refractivity contribution in [1.82, 2.24) is 15.0 Å². The van der Waals surface area contributed by atoms with Crippen LogP contribution >= 0.6 is 27.7 Å². The van der Waals surface area contributed by atoms with E-state index in [0.29, 0.717) is 0 Å². The van der Waals surface area contributed by atoms with Crippen LogP contribution in [-0.2, 0) is 5.75 Å². The Morgan fingerprint density at radius 1 is 1.05 bits per heavy atom. The maximum absolute atomic E-state index is 4.45. The van der Waals surface area contributed by atoms with Gasteiger partial charge in [0.05, 0.1) is 0 Å². The normalized spacial score (nSPS) is 10.8. The molecule has 0 saturated carbocycles. The van der Waals surface area contributed by atoms with Gasteiger partial charge in [0.25, 0.3) is 0 Å². The van der Waals surface area contributed by atoms with Gasteiger partial charge in [0, 0.05) is 40.4 Å². The van der Waals surface area contributed by atoms with Crippen molar-refractivity contribution in [1.29, 1.82) is 0 Å². The topological polar surface area (TPSA) is 38.7 Å². The smallest absolute Gasteiger partial charge is 0.123 e. The molecule has 0 fully saturated rings. The molecule has 0 aliphatic carbocycles. The summed E-state index contributed by atoms with van der Waals surface area (Å²) in [6.07, 6.45) is 7.28. The van der Waals surface area contributed by atoms with Crippen LogP contribution in [0.2, 0.25) is 0 Å². The molecule has 3 aromatic heterocycles. The molecule has 3 rings (SSSR count). The molecule has 0 bridgehead atoms. The molecule has 3 heterocycles. The number of pyridine rings is 3. The van der Waals surface area contributed by atoms with E-state index >= 15 is 0 Å². The van der Waals surface area contributed by atoms with E-state index in [9.17, 15) is 0 Å². The van der Waals surface area contributed by atoms with E-state index in [1.54, 1.807) is 24.2 Å². The summed E-state index contributed by atoms with van der Waals surface area (Å²) >= 11 is 5.18. The average Bonchev–Trinajstić information content (AvgIpc) is 2.48. The Bertz CT molecular complexity index is 703. The highest BCUT2D eigenvalue weighted by Gasteiger charge is 2.07. The zero-order valence-electron chi connectivity index (χ0n) is 9.95. The summed E-state index contributed by atoms with van der Waals surface area (Å²) in [6, 6.07) is 7.99. The molecule has 0 aliphatic heterocycles. The van der Waals surface area contributed by atoms with E-state index in [2.05, 4.69) is 36.9 Å². The largest absolute Gasteiger partial charge is 0.264 e. The van der Waals surface area contributed by atoms with Gasteiger partial charge in [-0.15, -0.1) is 0 Å². The Morgan fingerprint density at radius 3 is 2.79 bits per heavy atom. The van der Waals surface area contributed by atoms with Crippen LogP contribution in [0.5, 0.6) is 0 Å². The first-order valence-electron chi connectivity index (χ1n) is 5.75. The fraction of sp³-hybridized carbons (Fsp3) is 0.0714. The van der Waals surface area contributed by atoms with Crippen molar-refractivity contribution in [3.8, 4) is 0 Å². The van der Waals surface area contributed by atoms with Crippen LogP contribution in [-0.4, -0.2) is 15.0 Å². The Labute approximate surface area is 123 Å². The molecule has 0 unspecified atom stereocenters. The molecule has 0 saturated heterocycles. The Hall–Kier alpha value is -1.46.